The maximum atomic E-state index is 10.6. The van der Waals surface area contributed by atoms with Crippen molar-refractivity contribution in [1.29, 1.82) is 0 Å². The van der Waals surface area contributed by atoms with Gasteiger partial charge in [0.1, 0.15) is 17.1 Å². The van der Waals surface area contributed by atoms with Crippen molar-refractivity contribution in [3.05, 3.63) is 23.8 Å². The van der Waals surface area contributed by atoms with E-state index in [0.717, 1.165) is 29.9 Å². The minimum Gasteiger partial charge on any atom is -0.497 e. The lowest BCUT2D eigenvalue weighted by Gasteiger charge is -2.41. The molecule has 0 saturated heterocycles. The molecule has 1 aliphatic carbocycles. The van der Waals surface area contributed by atoms with Crippen LogP contribution in [0.2, 0.25) is 0 Å². The summed E-state index contributed by atoms with van der Waals surface area (Å²) in [4.78, 5) is 0. The van der Waals surface area contributed by atoms with E-state index >= 15 is 0 Å². The lowest BCUT2D eigenvalue weighted by Crippen LogP contribution is -2.43. The van der Waals surface area contributed by atoms with Crippen molar-refractivity contribution in [2.24, 2.45) is 11.3 Å². The molecule has 110 valence electrons. The third kappa shape index (κ3) is 2.08. The van der Waals surface area contributed by atoms with Crippen LogP contribution in [-0.2, 0) is 0 Å². The molecule has 1 saturated carbocycles. The minimum absolute atomic E-state index is 0.218. The molecule has 3 rings (SSSR count). The van der Waals surface area contributed by atoms with Crippen molar-refractivity contribution in [1.82, 2.24) is 0 Å². The van der Waals surface area contributed by atoms with Gasteiger partial charge in [0.2, 0.25) is 0 Å². The van der Waals surface area contributed by atoms with Crippen molar-refractivity contribution < 1.29 is 14.6 Å². The van der Waals surface area contributed by atoms with Gasteiger partial charge in [-0.05, 0) is 42.4 Å². The molecule has 0 bridgehead atoms. The highest BCUT2D eigenvalue weighted by Crippen LogP contribution is 2.55. The summed E-state index contributed by atoms with van der Waals surface area (Å²) < 4.78 is 11.6. The summed E-state index contributed by atoms with van der Waals surface area (Å²) in [6, 6.07) is 5.71. The molecule has 0 amide bonds. The van der Waals surface area contributed by atoms with Gasteiger partial charge in [-0.15, -0.1) is 0 Å². The Morgan fingerprint density at radius 2 is 2.05 bits per heavy atom. The first-order valence-corrected chi connectivity index (χ1v) is 7.40. The number of fused-ring (bicyclic) bond motifs is 1. The highest BCUT2D eigenvalue weighted by molar-refractivity contribution is 5.44. The normalized spacial score (nSPS) is 34.6. The first kappa shape index (κ1) is 13.7. The van der Waals surface area contributed by atoms with E-state index < -0.39 is 6.10 Å². The van der Waals surface area contributed by atoms with E-state index in [1.165, 1.54) is 0 Å². The molecule has 1 aliphatic heterocycles. The summed E-state index contributed by atoms with van der Waals surface area (Å²) in [6.07, 6.45) is 2.36. The first-order chi connectivity index (χ1) is 9.35. The number of benzene rings is 1. The van der Waals surface area contributed by atoms with E-state index in [9.17, 15) is 5.11 Å². The first-order valence-electron chi connectivity index (χ1n) is 7.40. The Labute approximate surface area is 120 Å². The summed E-state index contributed by atoms with van der Waals surface area (Å²) >= 11 is 0. The van der Waals surface area contributed by atoms with Gasteiger partial charge in [-0.25, -0.2) is 0 Å². The molecular formula is C17H24O3. The van der Waals surface area contributed by atoms with Gasteiger partial charge in [0.05, 0.1) is 13.2 Å². The average Bonchev–Trinajstić information content (AvgIpc) is 2.58. The van der Waals surface area contributed by atoms with Crippen molar-refractivity contribution in [3.8, 4) is 11.5 Å². The molecule has 0 aromatic heterocycles. The van der Waals surface area contributed by atoms with Crippen molar-refractivity contribution in [2.75, 3.05) is 7.11 Å². The van der Waals surface area contributed by atoms with Crippen LogP contribution < -0.4 is 9.47 Å². The number of aliphatic hydroxyl groups is 1. The maximum absolute atomic E-state index is 10.6. The van der Waals surface area contributed by atoms with Crippen LogP contribution in [0.4, 0.5) is 0 Å². The summed E-state index contributed by atoms with van der Waals surface area (Å²) in [6.45, 7) is 6.82. The van der Waals surface area contributed by atoms with Crippen LogP contribution in [0.5, 0.6) is 11.5 Å². The molecular weight excluding hydrogens is 252 g/mol. The molecule has 2 aliphatic rings. The van der Waals surface area contributed by atoms with Gasteiger partial charge < -0.3 is 14.6 Å². The largest absolute Gasteiger partial charge is 0.497 e. The topological polar surface area (TPSA) is 38.7 Å². The zero-order chi connectivity index (χ0) is 14.5. The second-order valence-electron chi connectivity index (χ2n) is 7.24. The van der Waals surface area contributed by atoms with Gasteiger partial charge in [0, 0.05) is 12.0 Å². The molecule has 1 aromatic carbocycles. The van der Waals surface area contributed by atoms with Crippen LogP contribution in [0.25, 0.3) is 0 Å². The Balaban J connectivity index is 1.97. The summed E-state index contributed by atoms with van der Waals surface area (Å²) in [7, 11) is 1.64. The standard InChI is InChI=1S/C17H24O3/c1-11-8-16(2,3)10-17(11)9-14(18)13-7-12(19-4)5-6-15(13)20-17/h5-7,11,14,18H,8-10H2,1-4H3/t11?,14-,17?/m0/s1. The van der Waals surface area contributed by atoms with Crippen LogP contribution in [0, 0.1) is 11.3 Å². The van der Waals surface area contributed by atoms with Crippen molar-refractivity contribution >= 4 is 0 Å². The number of methoxy groups -OCH3 is 1. The van der Waals surface area contributed by atoms with Gasteiger partial charge in [0.25, 0.3) is 0 Å². The SMILES string of the molecule is COc1ccc2c(c1)[C@@H](O)CC1(CC(C)(C)CC1C)O2. The number of hydrogen-bond acceptors (Lipinski definition) is 3. The average molecular weight is 276 g/mol. The number of rotatable bonds is 1. The molecule has 3 atom stereocenters. The van der Waals surface area contributed by atoms with Gasteiger partial charge in [-0.1, -0.05) is 20.8 Å². The lowest BCUT2D eigenvalue weighted by molar-refractivity contribution is -0.0393. The fourth-order valence-electron chi connectivity index (χ4n) is 4.19. The lowest BCUT2D eigenvalue weighted by atomic mass is 9.81. The molecule has 1 heterocycles. The molecule has 1 N–H and O–H groups in total. The van der Waals surface area contributed by atoms with E-state index in [0.29, 0.717) is 12.3 Å². The van der Waals surface area contributed by atoms with E-state index in [1.54, 1.807) is 7.11 Å². The second-order valence-corrected chi connectivity index (χ2v) is 7.24. The van der Waals surface area contributed by atoms with Gasteiger partial charge in [-0.3, -0.25) is 0 Å². The Hall–Kier alpha value is -1.22. The van der Waals surface area contributed by atoms with Crippen molar-refractivity contribution in [2.45, 2.75) is 51.7 Å². The monoisotopic (exact) mass is 276 g/mol. The van der Waals surface area contributed by atoms with Gasteiger partial charge >= 0.3 is 0 Å². The van der Waals surface area contributed by atoms with Gasteiger partial charge in [-0.2, -0.15) is 0 Å². The smallest absolute Gasteiger partial charge is 0.126 e. The molecule has 3 heteroatoms. The Bertz CT molecular complexity index is 523. The highest BCUT2D eigenvalue weighted by Gasteiger charge is 2.53. The fraction of sp³-hybridized carbons (Fsp3) is 0.647. The molecule has 2 unspecified atom stereocenters. The maximum Gasteiger partial charge on any atom is 0.126 e. The van der Waals surface area contributed by atoms with Crippen LogP contribution >= 0.6 is 0 Å². The van der Waals surface area contributed by atoms with Gasteiger partial charge in [0.15, 0.2) is 0 Å². The molecule has 1 fully saturated rings. The minimum atomic E-state index is -0.467. The number of aliphatic hydroxyl groups excluding tert-OH is 1. The van der Waals surface area contributed by atoms with Crippen LogP contribution in [0.3, 0.4) is 0 Å². The van der Waals surface area contributed by atoms with E-state index in [4.69, 9.17) is 9.47 Å². The van der Waals surface area contributed by atoms with Crippen molar-refractivity contribution in [3.63, 3.8) is 0 Å². The van der Waals surface area contributed by atoms with Crippen LogP contribution in [0.15, 0.2) is 18.2 Å². The molecule has 1 spiro atoms. The zero-order valence-corrected chi connectivity index (χ0v) is 12.8. The van der Waals surface area contributed by atoms with Crippen LogP contribution in [-0.4, -0.2) is 17.8 Å². The second kappa shape index (κ2) is 4.39. The predicted molar refractivity (Wildman–Crippen MR) is 78.1 cm³/mol. The van der Waals surface area contributed by atoms with E-state index in [1.807, 2.05) is 18.2 Å². The predicted octanol–water partition coefficient (Wildman–Crippen LogP) is 3.71. The van der Waals surface area contributed by atoms with E-state index in [2.05, 4.69) is 20.8 Å². The fourth-order valence-corrected chi connectivity index (χ4v) is 4.19. The molecule has 0 radical (unpaired) electrons. The zero-order valence-electron chi connectivity index (χ0n) is 12.8. The summed E-state index contributed by atoms with van der Waals surface area (Å²) in [5.41, 5.74) is 0.917. The molecule has 1 aromatic rings. The third-order valence-electron chi connectivity index (χ3n) is 4.96. The summed E-state index contributed by atoms with van der Waals surface area (Å²) in [5, 5.41) is 10.6. The Morgan fingerprint density at radius 1 is 1.30 bits per heavy atom. The van der Waals surface area contributed by atoms with Crippen LogP contribution in [0.1, 0.15) is 51.7 Å². The van der Waals surface area contributed by atoms with E-state index in [-0.39, 0.29) is 11.0 Å². The summed E-state index contributed by atoms with van der Waals surface area (Å²) in [5.74, 6) is 2.04. The Morgan fingerprint density at radius 3 is 2.65 bits per heavy atom. The third-order valence-corrected chi connectivity index (χ3v) is 4.96. The molecule has 3 nitrogen and oxygen atoms in total. The number of hydrogen-bond donors (Lipinski definition) is 1. The molecule has 20 heavy (non-hydrogen) atoms. The highest BCUT2D eigenvalue weighted by atomic mass is 16.5. The quantitative estimate of drug-likeness (QED) is 0.850. The number of ether oxygens (including phenoxy) is 2. The Kier molecular flexibility index (Phi) is 3.02.